The molecule has 0 bridgehead atoms. The molecule has 1 aliphatic rings. The van der Waals surface area contributed by atoms with Gasteiger partial charge in [0.15, 0.2) is 0 Å². The third-order valence-electron chi connectivity index (χ3n) is 4.11. The molecule has 1 amide bonds. The Morgan fingerprint density at radius 1 is 1.16 bits per heavy atom. The SMILES string of the molecule is COC(=O)c1ccc(OCC2CCC(C)N2C(=O)OC(C)(C)C)cc1. The van der Waals surface area contributed by atoms with Gasteiger partial charge in [-0.3, -0.25) is 4.90 Å². The van der Waals surface area contributed by atoms with E-state index < -0.39 is 5.60 Å². The first-order valence-corrected chi connectivity index (χ1v) is 8.54. The molecule has 138 valence electrons. The van der Waals surface area contributed by atoms with Gasteiger partial charge in [0.2, 0.25) is 0 Å². The Bertz CT molecular complexity index is 605. The molecule has 0 spiro atoms. The average molecular weight is 349 g/mol. The molecule has 1 saturated heterocycles. The fourth-order valence-electron chi connectivity index (χ4n) is 2.88. The van der Waals surface area contributed by atoms with Gasteiger partial charge in [0.25, 0.3) is 0 Å². The van der Waals surface area contributed by atoms with Crippen molar-refractivity contribution in [2.75, 3.05) is 13.7 Å². The molecule has 1 fully saturated rings. The van der Waals surface area contributed by atoms with Crippen molar-refractivity contribution in [1.29, 1.82) is 0 Å². The minimum atomic E-state index is -0.519. The van der Waals surface area contributed by atoms with Crippen LogP contribution in [0.2, 0.25) is 0 Å². The maximum absolute atomic E-state index is 12.4. The summed E-state index contributed by atoms with van der Waals surface area (Å²) in [5, 5.41) is 0. The van der Waals surface area contributed by atoms with E-state index in [0.717, 1.165) is 12.8 Å². The van der Waals surface area contributed by atoms with E-state index in [1.165, 1.54) is 7.11 Å². The molecule has 1 aliphatic heterocycles. The predicted octanol–water partition coefficient (Wildman–Crippen LogP) is 3.64. The summed E-state index contributed by atoms with van der Waals surface area (Å²) in [7, 11) is 1.35. The van der Waals surface area contributed by atoms with Crippen LogP contribution in [0.3, 0.4) is 0 Å². The lowest BCUT2D eigenvalue weighted by atomic mass is 10.2. The van der Waals surface area contributed by atoms with Gasteiger partial charge in [0, 0.05) is 6.04 Å². The summed E-state index contributed by atoms with van der Waals surface area (Å²) < 4.78 is 16.0. The van der Waals surface area contributed by atoms with Crippen LogP contribution in [0.25, 0.3) is 0 Å². The molecular formula is C19H27NO5. The summed E-state index contributed by atoms with van der Waals surface area (Å²) in [5.74, 6) is 0.267. The Hall–Kier alpha value is -2.24. The van der Waals surface area contributed by atoms with E-state index in [4.69, 9.17) is 9.47 Å². The molecule has 0 saturated carbocycles. The Balaban J connectivity index is 1.96. The number of amides is 1. The number of methoxy groups -OCH3 is 1. The zero-order valence-electron chi connectivity index (χ0n) is 15.6. The average Bonchev–Trinajstić information content (AvgIpc) is 2.92. The van der Waals surface area contributed by atoms with E-state index in [0.29, 0.717) is 17.9 Å². The van der Waals surface area contributed by atoms with Crippen LogP contribution in [-0.2, 0) is 9.47 Å². The number of ether oxygens (including phenoxy) is 3. The van der Waals surface area contributed by atoms with Crippen molar-refractivity contribution in [3.8, 4) is 5.75 Å². The minimum Gasteiger partial charge on any atom is -0.491 e. The molecule has 1 aromatic carbocycles. The van der Waals surface area contributed by atoms with Gasteiger partial charge >= 0.3 is 12.1 Å². The molecule has 6 nitrogen and oxygen atoms in total. The van der Waals surface area contributed by atoms with Crippen LogP contribution in [0, 0.1) is 0 Å². The summed E-state index contributed by atoms with van der Waals surface area (Å²) in [4.78, 5) is 25.7. The van der Waals surface area contributed by atoms with Crippen LogP contribution in [0.5, 0.6) is 5.75 Å². The number of likely N-dealkylation sites (tertiary alicyclic amines) is 1. The van der Waals surface area contributed by atoms with E-state index in [9.17, 15) is 9.59 Å². The molecule has 0 radical (unpaired) electrons. The smallest absolute Gasteiger partial charge is 0.410 e. The molecule has 2 unspecified atom stereocenters. The lowest BCUT2D eigenvalue weighted by molar-refractivity contribution is 0.0117. The van der Waals surface area contributed by atoms with Crippen LogP contribution in [-0.4, -0.2) is 48.4 Å². The van der Waals surface area contributed by atoms with Crippen LogP contribution in [0.1, 0.15) is 50.9 Å². The zero-order chi connectivity index (χ0) is 18.6. The third kappa shape index (κ3) is 5.11. The maximum Gasteiger partial charge on any atom is 0.410 e. The van der Waals surface area contributed by atoms with Crippen LogP contribution < -0.4 is 4.74 Å². The van der Waals surface area contributed by atoms with Gasteiger partial charge in [0.05, 0.1) is 18.7 Å². The number of hydrogen-bond acceptors (Lipinski definition) is 5. The highest BCUT2D eigenvalue weighted by Gasteiger charge is 2.37. The first-order chi connectivity index (χ1) is 11.7. The number of nitrogens with zero attached hydrogens (tertiary/aromatic N) is 1. The maximum atomic E-state index is 12.4. The lowest BCUT2D eigenvalue weighted by Gasteiger charge is -2.31. The zero-order valence-corrected chi connectivity index (χ0v) is 15.6. The topological polar surface area (TPSA) is 65.1 Å². The summed E-state index contributed by atoms with van der Waals surface area (Å²) in [6, 6.07) is 6.87. The van der Waals surface area contributed by atoms with Crippen LogP contribution >= 0.6 is 0 Å². The molecule has 2 atom stereocenters. The molecule has 1 heterocycles. The highest BCUT2D eigenvalue weighted by molar-refractivity contribution is 5.89. The van der Waals surface area contributed by atoms with Crippen molar-refractivity contribution in [1.82, 2.24) is 4.90 Å². The number of carbonyl (C=O) groups is 2. The second-order valence-corrected chi connectivity index (χ2v) is 7.29. The molecule has 6 heteroatoms. The minimum absolute atomic E-state index is 0.0230. The van der Waals surface area contributed by atoms with Crippen LogP contribution in [0.15, 0.2) is 24.3 Å². The molecule has 0 aliphatic carbocycles. The van der Waals surface area contributed by atoms with Crippen molar-refractivity contribution in [2.24, 2.45) is 0 Å². The Morgan fingerprint density at radius 2 is 1.80 bits per heavy atom. The van der Waals surface area contributed by atoms with Crippen molar-refractivity contribution < 1.29 is 23.8 Å². The fourth-order valence-corrected chi connectivity index (χ4v) is 2.88. The Kier molecular flexibility index (Phi) is 5.93. The number of benzene rings is 1. The van der Waals surface area contributed by atoms with Crippen molar-refractivity contribution in [2.45, 2.75) is 58.2 Å². The highest BCUT2D eigenvalue weighted by atomic mass is 16.6. The van der Waals surface area contributed by atoms with Gasteiger partial charge in [-0.25, -0.2) is 9.59 Å². The summed E-state index contributed by atoms with van der Waals surface area (Å²) >= 11 is 0. The Labute approximate surface area is 149 Å². The highest BCUT2D eigenvalue weighted by Crippen LogP contribution is 2.27. The Morgan fingerprint density at radius 3 is 2.36 bits per heavy atom. The van der Waals surface area contributed by atoms with Gasteiger partial charge in [0.1, 0.15) is 18.0 Å². The second kappa shape index (κ2) is 7.76. The third-order valence-corrected chi connectivity index (χ3v) is 4.11. The largest absolute Gasteiger partial charge is 0.491 e. The first-order valence-electron chi connectivity index (χ1n) is 8.54. The van der Waals surface area contributed by atoms with Gasteiger partial charge in [-0.1, -0.05) is 0 Å². The van der Waals surface area contributed by atoms with E-state index in [1.54, 1.807) is 29.2 Å². The molecule has 2 rings (SSSR count). The van der Waals surface area contributed by atoms with Crippen molar-refractivity contribution in [3.63, 3.8) is 0 Å². The monoisotopic (exact) mass is 349 g/mol. The van der Waals surface area contributed by atoms with Gasteiger partial charge in [-0.2, -0.15) is 0 Å². The molecule has 25 heavy (non-hydrogen) atoms. The molecule has 0 N–H and O–H groups in total. The normalized spacial score (nSPS) is 20.3. The summed E-state index contributed by atoms with van der Waals surface area (Å²) in [5.41, 5.74) is -0.0474. The quantitative estimate of drug-likeness (QED) is 0.777. The number of carbonyl (C=O) groups excluding carboxylic acids is 2. The lowest BCUT2D eigenvalue weighted by Crippen LogP contribution is -2.45. The number of hydrogen-bond donors (Lipinski definition) is 0. The van der Waals surface area contributed by atoms with E-state index in [-0.39, 0.29) is 24.1 Å². The van der Waals surface area contributed by atoms with E-state index >= 15 is 0 Å². The van der Waals surface area contributed by atoms with Crippen molar-refractivity contribution >= 4 is 12.1 Å². The van der Waals surface area contributed by atoms with Crippen molar-refractivity contribution in [3.05, 3.63) is 29.8 Å². The summed E-state index contributed by atoms with van der Waals surface area (Å²) in [6.45, 7) is 8.00. The first kappa shape index (κ1) is 19.1. The molecule has 0 aromatic heterocycles. The van der Waals surface area contributed by atoms with Gasteiger partial charge < -0.3 is 14.2 Å². The van der Waals surface area contributed by atoms with E-state index in [1.807, 2.05) is 27.7 Å². The predicted molar refractivity (Wildman–Crippen MR) is 93.8 cm³/mol. The number of esters is 1. The fraction of sp³-hybridized carbons (Fsp3) is 0.579. The second-order valence-electron chi connectivity index (χ2n) is 7.29. The summed E-state index contributed by atoms with van der Waals surface area (Å²) in [6.07, 6.45) is 1.50. The van der Waals surface area contributed by atoms with Gasteiger partial charge in [-0.05, 0) is 64.8 Å². The van der Waals surface area contributed by atoms with Gasteiger partial charge in [-0.15, -0.1) is 0 Å². The standard InChI is InChI=1S/C19H27NO5/c1-13-6-9-15(20(13)18(22)25-19(2,3)4)12-24-16-10-7-14(8-11-16)17(21)23-5/h7-8,10-11,13,15H,6,9,12H2,1-5H3. The number of rotatable bonds is 4. The molecule has 1 aromatic rings. The van der Waals surface area contributed by atoms with Crippen LogP contribution in [0.4, 0.5) is 4.79 Å². The molecular weight excluding hydrogens is 322 g/mol. The van der Waals surface area contributed by atoms with E-state index in [2.05, 4.69) is 4.74 Å².